The van der Waals surface area contributed by atoms with Crippen LogP contribution in [0.2, 0.25) is 5.02 Å². The van der Waals surface area contributed by atoms with E-state index in [4.69, 9.17) is 16.3 Å². The summed E-state index contributed by atoms with van der Waals surface area (Å²) in [5.41, 5.74) is 2.67. The smallest absolute Gasteiger partial charge is 0.236 e. The minimum absolute atomic E-state index is 0.154. The summed E-state index contributed by atoms with van der Waals surface area (Å²) < 4.78 is 7.62. The van der Waals surface area contributed by atoms with E-state index in [1.165, 1.54) is 23.1 Å². The lowest BCUT2D eigenvalue weighted by atomic mass is 10.2. The van der Waals surface area contributed by atoms with Crippen LogP contribution in [-0.4, -0.2) is 38.0 Å². The maximum absolute atomic E-state index is 12.5. The van der Waals surface area contributed by atoms with E-state index in [9.17, 15) is 4.79 Å². The van der Waals surface area contributed by atoms with Crippen molar-refractivity contribution in [3.8, 4) is 28.4 Å². The van der Waals surface area contributed by atoms with Crippen LogP contribution < -0.4 is 10.1 Å². The molecule has 2 aromatic heterocycles. The summed E-state index contributed by atoms with van der Waals surface area (Å²) in [7, 11) is 1.89. The van der Waals surface area contributed by atoms with Crippen molar-refractivity contribution in [3.05, 3.63) is 58.9 Å². The molecule has 0 saturated carbocycles. The molecule has 1 N–H and O–H groups in total. The average molecular weight is 514 g/mol. The molecule has 1 amide bonds. The quantitative estimate of drug-likeness (QED) is 0.275. The Hall–Kier alpha value is -2.88. The number of carbonyl (C=O) groups is 1. The van der Waals surface area contributed by atoms with E-state index in [1.54, 1.807) is 0 Å². The highest BCUT2D eigenvalue weighted by Crippen LogP contribution is 2.27. The van der Waals surface area contributed by atoms with Gasteiger partial charge >= 0.3 is 0 Å². The number of hydrogen-bond acceptors (Lipinski definition) is 7. The molecule has 0 unspecified atom stereocenters. The van der Waals surface area contributed by atoms with Crippen LogP contribution in [0.4, 0.5) is 5.13 Å². The van der Waals surface area contributed by atoms with Crippen molar-refractivity contribution in [1.82, 2.24) is 19.7 Å². The normalized spacial score (nSPS) is 11.1. The number of hydrogen-bond donors (Lipinski definition) is 1. The van der Waals surface area contributed by atoms with Crippen LogP contribution in [0.3, 0.4) is 0 Å². The minimum Gasteiger partial charge on any atom is -0.493 e. The Bertz CT molecular complexity index is 1250. The van der Waals surface area contributed by atoms with Crippen LogP contribution >= 0.6 is 34.7 Å². The molecular weight excluding hydrogens is 490 g/mol. The number of benzene rings is 2. The fourth-order valence-corrected chi connectivity index (χ4v) is 4.60. The molecule has 0 radical (unpaired) electrons. The third-order valence-electron chi connectivity index (χ3n) is 4.75. The Kier molecular flexibility index (Phi) is 7.87. The summed E-state index contributed by atoms with van der Waals surface area (Å²) in [6.45, 7) is 4.90. The van der Waals surface area contributed by atoms with Gasteiger partial charge in [0.25, 0.3) is 0 Å². The highest BCUT2D eigenvalue weighted by Gasteiger charge is 2.14. The number of anilines is 1. The number of thiazole rings is 1. The molecule has 0 atom stereocenters. The van der Waals surface area contributed by atoms with E-state index in [2.05, 4.69) is 34.3 Å². The van der Waals surface area contributed by atoms with Crippen molar-refractivity contribution >= 4 is 45.7 Å². The summed E-state index contributed by atoms with van der Waals surface area (Å²) in [6, 6.07) is 15.2. The van der Waals surface area contributed by atoms with Gasteiger partial charge in [0.15, 0.2) is 16.1 Å². The van der Waals surface area contributed by atoms with E-state index < -0.39 is 0 Å². The number of nitrogens with one attached hydrogen (secondary N) is 1. The van der Waals surface area contributed by atoms with Gasteiger partial charge in [-0.15, -0.1) is 21.5 Å². The Labute approximate surface area is 211 Å². The van der Waals surface area contributed by atoms with Crippen molar-refractivity contribution in [2.24, 2.45) is 13.0 Å². The summed E-state index contributed by atoms with van der Waals surface area (Å²) in [6.07, 6.45) is 0. The summed E-state index contributed by atoms with van der Waals surface area (Å²) in [4.78, 5) is 16.9. The van der Waals surface area contributed by atoms with Gasteiger partial charge in [-0.2, -0.15) is 0 Å². The average Bonchev–Trinajstić information content (AvgIpc) is 3.43. The van der Waals surface area contributed by atoms with E-state index in [0.717, 1.165) is 28.4 Å². The molecule has 0 aliphatic heterocycles. The molecule has 4 rings (SSSR count). The number of nitrogens with zero attached hydrogens (tertiary/aromatic N) is 4. The molecular formula is C24H24ClN5O2S2. The maximum atomic E-state index is 12.5. The molecule has 2 aromatic carbocycles. The lowest BCUT2D eigenvalue weighted by molar-refractivity contribution is -0.113. The zero-order chi connectivity index (χ0) is 24.1. The molecule has 10 heteroatoms. The molecule has 0 aliphatic carbocycles. The molecule has 176 valence electrons. The number of carbonyl (C=O) groups excluding carboxylic acids is 1. The molecule has 0 saturated heterocycles. The van der Waals surface area contributed by atoms with E-state index in [1.807, 2.05) is 65.5 Å². The van der Waals surface area contributed by atoms with E-state index in [-0.39, 0.29) is 11.7 Å². The first kappa shape index (κ1) is 24.3. The fraction of sp³-hybridized carbons (Fsp3) is 0.250. The maximum Gasteiger partial charge on any atom is 0.236 e. The van der Waals surface area contributed by atoms with Crippen molar-refractivity contribution in [1.29, 1.82) is 0 Å². The van der Waals surface area contributed by atoms with Gasteiger partial charge in [0.05, 0.1) is 18.1 Å². The van der Waals surface area contributed by atoms with Gasteiger partial charge in [-0.3, -0.25) is 4.79 Å². The summed E-state index contributed by atoms with van der Waals surface area (Å²) in [5.74, 6) is 2.07. The SMILES string of the molecule is CC(C)COc1ccc(-c2nnc(SCC(=O)Nc3nc(-c4ccc(Cl)cc4)cs3)n2C)cc1. The van der Waals surface area contributed by atoms with E-state index in [0.29, 0.717) is 27.8 Å². The lowest BCUT2D eigenvalue weighted by Gasteiger charge is -2.09. The zero-order valence-electron chi connectivity index (χ0n) is 19.0. The topological polar surface area (TPSA) is 81.9 Å². The second kappa shape index (κ2) is 11.0. The van der Waals surface area contributed by atoms with Crippen molar-refractivity contribution in [2.75, 3.05) is 17.7 Å². The van der Waals surface area contributed by atoms with Crippen molar-refractivity contribution in [3.63, 3.8) is 0 Å². The third-order valence-corrected chi connectivity index (χ3v) is 6.78. The first-order valence-electron chi connectivity index (χ1n) is 10.7. The Morgan fingerprint density at radius 3 is 2.53 bits per heavy atom. The number of halogens is 1. The van der Waals surface area contributed by atoms with Crippen LogP contribution in [0.25, 0.3) is 22.6 Å². The molecule has 0 fully saturated rings. The number of ether oxygens (including phenoxy) is 1. The molecule has 0 aliphatic rings. The second-order valence-electron chi connectivity index (χ2n) is 7.98. The van der Waals surface area contributed by atoms with Crippen molar-refractivity contribution in [2.45, 2.75) is 19.0 Å². The highest BCUT2D eigenvalue weighted by atomic mass is 35.5. The second-order valence-corrected chi connectivity index (χ2v) is 10.2. The van der Waals surface area contributed by atoms with Crippen molar-refractivity contribution < 1.29 is 9.53 Å². The Balaban J connectivity index is 1.33. The van der Waals surface area contributed by atoms with Gasteiger partial charge in [-0.05, 0) is 42.3 Å². The van der Waals surface area contributed by atoms with Gasteiger partial charge in [0.2, 0.25) is 5.91 Å². The minimum atomic E-state index is -0.154. The van der Waals surface area contributed by atoms with Gasteiger partial charge < -0.3 is 14.6 Å². The zero-order valence-corrected chi connectivity index (χ0v) is 21.4. The largest absolute Gasteiger partial charge is 0.493 e. The molecule has 2 heterocycles. The van der Waals surface area contributed by atoms with Gasteiger partial charge in [0, 0.05) is 28.6 Å². The molecule has 0 bridgehead atoms. The summed E-state index contributed by atoms with van der Waals surface area (Å²) >= 11 is 8.64. The van der Waals surface area contributed by atoms with Gasteiger partial charge in [-0.25, -0.2) is 4.98 Å². The molecule has 34 heavy (non-hydrogen) atoms. The number of rotatable bonds is 9. The van der Waals surface area contributed by atoms with Crippen LogP contribution in [0.15, 0.2) is 59.1 Å². The lowest BCUT2D eigenvalue weighted by Crippen LogP contribution is -2.14. The first-order valence-corrected chi connectivity index (χ1v) is 12.9. The third kappa shape index (κ3) is 6.16. The predicted molar refractivity (Wildman–Crippen MR) is 139 cm³/mol. The molecule has 0 spiro atoms. The molecule has 7 nitrogen and oxygen atoms in total. The predicted octanol–water partition coefficient (Wildman–Crippen LogP) is 6.02. The monoisotopic (exact) mass is 513 g/mol. The summed E-state index contributed by atoms with van der Waals surface area (Å²) in [5, 5.41) is 15.2. The van der Waals surface area contributed by atoms with Crippen LogP contribution in [0.1, 0.15) is 13.8 Å². The Morgan fingerprint density at radius 2 is 1.82 bits per heavy atom. The fourth-order valence-electron chi connectivity index (χ4n) is 3.02. The first-order chi connectivity index (χ1) is 16.4. The van der Waals surface area contributed by atoms with Gasteiger partial charge in [0.1, 0.15) is 5.75 Å². The number of amides is 1. The number of thioether (sulfide) groups is 1. The number of aromatic nitrogens is 4. The highest BCUT2D eigenvalue weighted by molar-refractivity contribution is 7.99. The Morgan fingerprint density at radius 1 is 1.12 bits per heavy atom. The molecule has 4 aromatic rings. The van der Waals surface area contributed by atoms with Crippen LogP contribution in [0.5, 0.6) is 5.75 Å². The van der Waals surface area contributed by atoms with Crippen LogP contribution in [0, 0.1) is 5.92 Å². The van der Waals surface area contributed by atoms with Crippen LogP contribution in [-0.2, 0) is 11.8 Å². The van der Waals surface area contributed by atoms with E-state index >= 15 is 0 Å². The standard InChI is InChI=1S/C24H24ClN5O2S2/c1-15(2)12-32-19-10-6-17(7-11-19)22-28-29-24(30(22)3)34-14-21(31)27-23-26-20(13-33-23)16-4-8-18(25)9-5-16/h4-11,13,15H,12,14H2,1-3H3,(H,26,27,31). The van der Waals surface area contributed by atoms with Gasteiger partial charge in [-0.1, -0.05) is 49.3 Å².